The quantitative estimate of drug-likeness (QED) is 0.603. The topological polar surface area (TPSA) is 22.1 Å². The monoisotopic (exact) mass is 303 g/mol. The maximum Gasteiger partial charge on any atom is 0.135 e. The molecule has 0 saturated heterocycles. The number of pyridine rings is 1. The first kappa shape index (κ1) is 13.2. The van der Waals surface area contributed by atoms with Crippen molar-refractivity contribution in [1.82, 2.24) is 4.98 Å². The van der Waals surface area contributed by atoms with Crippen molar-refractivity contribution < 1.29 is 4.74 Å². The lowest BCUT2D eigenvalue weighted by Gasteiger charge is -2.12. The van der Waals surface area contributed by atoms with E-state index in [1.807, 2.05) is 36.4 Å². The van der Waals surface area contributed by atoms with Crippen LogP contribution in [-0.4, -0.2) is 4.98 Å². The molecule has 0 atom stereocenters. The number of ether oxygens (including phenoxy) is 1. The summed E-state index contributed by atoms with van der Waals surface area (Å²) < 4.78 is 5.99. The van der Waals surface area contributed by atoms with Crippen LogP contribution in [0.1, 0.15) is 5.56 Å². The summed E-state index contributed by atoms with van der Waals surface area (Å²) in [5.74, 6) is 1.82. The van der Waals surface area contributed by atoms with Gasteiger partial charge >= 0.3 is 0 Å². The third kappa shape index (κ3) is 2.45. The summed E-state index contributed by atoms with van der Waals surface area (Å²) in [6.45, 7) is 0. The molecule has 0 spiro atoms. The van der Waals surface area contributed by atoms with Crippen LogP contribution >= 0.6 is 23.2 Å². The molecule has 0 bridgehead atoms. The SMILES string of the molecule is ClCc1cnccc1Oc1ccc(Cl)c2ccccc12. The Morgan fingerprint density at radius 2 is 1.75 bits per heavy atom. The number of aromatic nitrogens is 1. The Labute approximate surface area is 126 Å². The van der Waals surface area contributed by atoms with Gasteiger partial charge in [0.15, 0.2) is 0 Å². The Balaban J connectivity index is 2.09. The number of rotatable bonds is 3. The van der Waals surface area contributed by atoms with Gasteiger partial charge in [-0.15, -0.1) is 11.6 Å². The summed E-state index contributed by atoms with van der Waals surface area (Å²) in [5.41, 5.74) is 0.855. The molecule has 0 N–H and O–H groups in total. The highest BCUT2D eigenvalue weighted by molar-refractivity contribution is 6.35. The number of hydrogen-bond acceptors (Lipinski definition) is 2. The Morgan fingerprint density at radius 1 is 0.950 bits per heavy atom. The van der Waals surface area contributed by atoms with Gasteiger partial charge in [0.1, 0.15) is 11.5 Å². The van der Waals surface area contributed by atoms with Gasteiger partial charge in [-0.1, -0.05) is 35.9 Å². The first-order valence-electron chi connectivity index (χ1n) is 6.13. The van der Waals surface area contributed by atoms with E-state index in [1.54, 1.807) is 18.5 Å². The van der Waals surface area contributed by atoms with Crippen LogP contribution in [0.4, 0.5) is 0 Å². The highest BCUT2D eigenvalue weighted by Crippen LogP contribution is 2.35. The van der Waals surface area contributed by atoms with E-state index in [-0.39, 0.29) is 0 Å². The molecule has 3 aromatic rings. The Morgan fingerprint density at radius 3 is 2.55 bits per heavy atom. The van der Waals surface area contributed by atoms with Crippen LogP contribution in [0, 0.1) is 0 Å². The van der Waals surface area contributed by atoms with Gasteiger partial charge in [-0.05, 0) is 18.2 Å². The summed E-state index contributed by atoms with van der Waals surface area (Å²) in [4.78, 5) is 4.05. The predicted molar refractivity (Wildman–Crippen MR) is 82.8 cm³/mol. The summed E-state index contributed by atoms with van der Waals surface area (Å²) >= 11 is 12.1. The molecule has 1 aromatic heterocycles. The van der Waals surface area contributed by atoms with Crippen molar-refractivity contribution in [3.05, 3.63) is 65.4 Å². The maximum atomic E-state index is 6.20. The Hall–Kier alpha value is -1.77. The van der Waals surface area contributed by atoms with Gasteiger partial charge in [-0.2, -0.15) is 0 Å². The average molecular weight is 304 g/mol. The Bertz CT molecular complexity index is 758. The smallest absolute Gasteiger partial charge is 0.135 e. The number of halogens is 2. The van der Waals surface area contributed by atoms with Crippen LogP contribution in [0.25, 0.3) is 10.8 Å². The number of alkyl halides is 1. The molecule has 2 aromatic carbocycles. The van der Waals surface area contributed by atoms with Crippen molar-refractivity contribution in [2.24, 2.45) is 0 Å². The lowest BCUT2D eigenvalue weighted by atomic mass is 10.1. The number of fused-ring (bicyclic) bond motifs is 1. The minimum atomic E-state index is 0.356. The van der Waals surface area contributed by atoms with Crippen molar-refractivity contribution in [2.75, 3.05) is 0 Å². The van der Waals surface area contributed by atoms with E-state index in [0.29, 0.717) is 16.7 Å². The predicted octanol–water partition coefficient (Wildman–Crippen LogP) is 5.42. The van der Waals surface area contributed by atoms with Crippen molar-refractivity contribution >= 4 is 34.0 Å². The minimum Gasteiger partial charge on any atom is -0.456 e. The first-order valence-corrected chi connectivity index (χ1v) is 7.05. The lowest BCUT2D eigenvalue weighted by molar-refractivity contribution is 0.483. The van der Waals surface area contributed by atoms with E-state index in [0.717, 1.165) is 22.1 Å². The van der Waals surface area contributed by atoms with E-state index in [9.17, 15) is 0 Å². The van der Waals surface area contributed by atoms with E-state index in [1.165, 1.54) is 0 Å². The van der Waals surface area contributed by atoms with Crippen molar-refractivity contribution in [3.8, 4) is 11.5 Å². The normalized spacial score (nSPS) is 10.7. The molecular weight excluding hydrogens is 293 g/mol. The molecule has 100 valence electrons. The largest absolute Gasteiger partial charge is 0.456 e. The second-order valence-electron chi connectivity index (χ2n) is 4.31. The molecule has 0 fully saturated rings. The molecule has 0 aliphatic rings. The van der Waals surface area contributed by atoms with E-state index < -0.39 is 0 Å². The van der Waals surface area contributed by atoms with Gasteiger partial charge in [0.2, 0.25) is 0 Å². The van der Waals surface area contributed by atoms with Gasteiger partial charge in [0, 0.05) is 33.8 Å². The van der Waals surface area contributed by atoms with Crippen molar-refractivity contribution in [2.45, 2.75) is 5.88 Å². The molecule has 0 aliphatic carbocycles. The van der Waals surface area contributed by atoms with Crippen molar-refractivity contribution in [1.29, 1.82) is 0 Å². The fourth-order valence-corrected chi connectivity index (χ4v) is 2.48. The minimum absolute atomic E-state index is 0.356. The van der Waals surface area contributed by atoms with Gasteiger partial charge in [-0.3, -0.25) is 4.98 Å². The third-order valence-electron chi connectivity index (χ3n) is 3.05. The maximum absolute atomic E-state index is 6.20. The van der Waals surface area contributed by atoms with E-state index >= 15 is 0 Å². The number of nitrogens with zero attached hydrogens (tertiary/aromatic N) is 1. The summed E-state index contributed by atoms with van der Waals surface area (Å²) in [7, 11) is 0. The molecule has 0 radical (unpaired) electrons. The molecule has 3 rings (SSSR count). The fourth-order valence-electron chi connectivity index (χ4n) is 2.06. The molecular formula is C16H11Cl2NO. The van der Waals surface area contributed by atoms with Crippen LogP contribution in [0.15, 0.2) is 54.9 Å². The second kappa shape index (κ2) is 5.70. The van der Waals surface area contributed by atoms with Gasteiger partial charge in [0.05, 0.1) is 5.88 Å². The Kier molecular flexibility index (Phi) is 3.77. The second-order valence-corrected chi connectivity index (χ2v) is 4.98. The average Bonchev–Trinajstić information content (AvgIpc) is 2.51. The third-order valence-corrected chi connectivity index (χ3v) is 3.67. The lowest BCUT2D eigenvalue weighted by Crippen LogP contribution is -1.91. The van der Waals surface area contributed by atoms with E-state index in [4.69, 9.17) is 27.9 Å². The first-order chi connectivity index (χ1) is 9.79. The molecule has 1 heterocycles. The zero-order chi connectivity index (χ0) is 13.9. The molecule has 20 heavy (non-hydrogen) atoms. The number of hydrogen-bond donors (Lipinski definition) is 0. The highest BCUT2D eigenvalue weighted by Gasteiger charge is 2.08. The standard InChI is InChI=1S/C16H11Cl2NO/c17-9-11-10-19-8-7-15(11)20-16-6-5-14(18)12-3-1-2-4-13(12)16/h1-8,10H,9H2. The van der Waals surface area contributed by atoms with Crippen LogP contribution in [0.3, 0.4) is 0 Å². The van der Waals surface area contributed by atoms with Crippen LogP contribution in [-0.2, 0) is 5.88 Å². The summed E-state index contributed by atoms with van der Waals surface area (Å²) in [6, 6.07) is 13.4. The molecule has 0 unspecified atom stereocenters. The van der Waals surface area contributed by atoms with Crippen LogP contribution < -0.4 is 4.74 Å². The number of benzene rings is 2. The van der Waals surface area contributed by atoms with Gasteiger partial charge in [0.25, 0.3) is 0 Å². The highest BCUT2D eigenvalue weighted by atomic mass is 35.5. The zero-order valence-corrected chi connectivity index (χ0v) is 12.0. The summed E-state index contributed by atoms with van der Waals surface area (Å²) in [6.07, 6.45) is 3.39. The summed E-state index contributed by atoms with van der Waals surface area (Å²) in [5, 5.41) is 2.64. The van der Waals surface area contributed by atoms with Crippen molar-refractivity contribution in [3.63, 3.8) is 0 Å². The molecule has 0 saturated carbocycles. The molecule has 0 amide bonds. The zero-order valence-electron chi connectivity index (χ0n) is 10.5. The fraction of sp³-hybridized carbons (Fsp3) is 0.0625. The van der Waals surface area contributed by atoms with Crippen LogP contribution in [0.2, 0.25) is 5.02 Å². The molecule has 0 aliphatic heterocycles. The van der Waals surface area contributed by atoms with Gasteiger partial charge in [-0.25, -0.2) is 0 Å². The van der Waals surface area contributed by atoms with Gasteiger partial charge < -0.3 is 4.74 Å². The van der Waals surface area contributed by atoms with Crippen LogP contribution in [0.5, 0.6) is 11.5 Å². The molecule has 4 heteroatoms. The van der Waals surface area contributed by atoms with E-state index in [2.05, 4.69) is 4.98 Å². The molecule has 2 nitrogen and oxygen atoms in total.